The smallest absolute Gasteiger partial charge is 0.00735 e. The molecule has 0 saturated heterocycles. The summed E-state index contributed by atoms with van der Waals surface area (Å²) < 4.78 is 0. The fourth-order valence-electron chi connectivity index (χ4n) is 1.10. The van der Waals surface area contributed by atoms with E-state index in [1.165, 1.54) is 6.42 Å². The molecule has 0 aromatic rings. The van der Waals surface area contributed by atoms with E-state index in [4.69, 9.17) is 5.73 Å². The van der Waals surface area contributed by atoms with Crippen molar-refractivity contribution in [1.29, 1.82) is 0 Å². The monoisotopic (exact) mass is 169 g/mol. The van der Waals surface area contributed by atoms with Crippen molar-refractivity contribution in [2.45, 2.75) is 52.5 Å². The number of hydrogen-bond donors (Lipinski definition) is 1. The van der Waals surface area contributed by atoms with Gasteiger partial charge in [0.1, 0.15) is 0 Å². The molecule has 0 heterocycles. The van der Waals surface area contributed by atoms with Crippen LogP contribution in [0.25, 0.3) is 0 Å². The standard InChI is InChI=1S/C11H23N/c1-4-5-6-7-11(12)9-8-10(2)3/h5-6,10-11H,4,7-9,12H2,1-3H3/b6-5-. The van der Waals surface area contributed by atoms with Crippen LogP contribution in [0.15, 0.2) is 12.2 Å². The van der Waals surface area contributed by atoms with Gasteiger partial charge in [0.05, 0.1) is 0 Å². The zero-order valence-electron chi connectivity index (χ0n) is 8.72. The zero-order chi connectivity index (χ0) is 9.40. The zero-order valence-corrected chi connectivity index (χ0v) is 8.72. The van der Waals surface area contributed by atoms with Crippen molar-refractivity contribution in [3.8, 4) is 0 Å². The van der Waals surface area contributed by atoms with Crippen LogP contribution in [0.2, 0.25) is 0 Å². The van der Waals surface area contributed by atoms with Crippen molar-refractivity contribution in [2.24, 2.45) is 11.7 Å². The maximum absolute atomic E-state index is 5.91. The molecule has 0 aliphatic rings. The van der Waals surface area contributed by atoms with Crippen LogP contribution in [-0.4, -0.2) is 6.04 Å². The molecule has 1 heteroatoms. The summed E-state index contributed by atoms with van der Waals surface area (Å²) in [5.74, 6) is 0.784. The lowest BCUT2D eigenvalue weighted by atomic mass is 10.0. The van der Waals surface area contributed by atoms with Crippen molar-refractivity contribution < 1.29 is 0 Å². The summed E-state index contributed by atoms with van der Waals surface area (Å²) >= 11 is 0. The molecule has 0 bridgehead atoms. The number of nitrogens with two attached hydrogens (primary N) is 1. The Bertz CT molecular complexity index is 116. The van der Waals surface area contributed by atoms with Gasteiger partial charge < -0.3 is 5.73 Å². The van der Waals surface area contributed by atoms with Gasteiger partial charge in [-0.2, -0.15) is 0 Å². The quantitative estimate of drug-likeness (QED) is 0.607. The molecule has 0 aliphatic heterocycles. The van der Waals surface area contributed by atoms with Gasteiger partial charge in [0.25, 0.3) is 0 Å². The first-order chi connectivity index (χ1) is 5.66. The van der Waals surface area contributed by atoms with Crippen molar-refractivity contribution in [1.82, 2.24) is 0 Å². The second-order valence-electron chi connectivity index (χ2n) is 3.85. The Balaban J connectivity index is 3.33. The molecule has 0 spiro atoms. The molecular formula is C11H23N. The summed E-state index contributed by atoms with van der Waals surface area (Å²) in [6.07, 6.45) is 8.96. The lowest BCUT2D eigenvalue weighted by molar-refractivity contribution is 0.498. The molecule has 0 saturated carbocycles. The minimum absolute atomic E-state index is 0.371. The largest absolute Gasteiger partial charge is 0.327 e. The molecule has 0 aromatic heterocycles. The lowest BCUT2D eigenvalue weighted by Crippen LogP contribution is -2.19. The van der Waals surface area contributed by atoms with Crippen LogP contribution in [-0.2, 0) is 0 Å². The van der Waals surface area contributed by atoms with Gasteiger partial charge in [-0.25, -0.2) is 0 Å². The predicted octanol–water partition coefficient (Wildman–Crippen LogP) is 3.11. The SMILES string of the molecule is CC/C=C\CC(N)CCC(C)C. The summed E-state index contributed by atoms with van der Waals surface area (Å²) in [7, 11) is 0. The average molecular weight is 169 g/mol. The summed E-state index contributed by atoms with van der Waals surface area (Å²) in [5, 5.41) is 0. The highest BCUT2D eigenvalue weighted by Gasteiger charge is 2.01. The fourth-order valence-corrected chi connectivity index (χ4v) is 1.10. The summed E-state index contributed by atoms with van der Waals surface area (Å²) in [6, 6.07) is 0.371. The first kappa shape index (κ1) is 11.7. The number of allylic oxidation sites excluding steroid dienone is 1. The van der Waals surface area contributed by atoms with E-state index >= 15 is 0 Å². The van der Waals surface area contributed by atoms with Gasteiger partial charge >= 0.3 is 0 Å². The van der Waals surface area contributed by atoms with Crippen LogP contribution >= 0.6 is 0 Å². The van der Waals surface area contributed by atoms with Gasteiger partial charge in [0, 0.05) is 6.04 Å². The molecule has 1 atom stereocenters. The van der Waals surface area contributed by atoms with Gasteiger partial charge in [0.2, 0.25) is 0 Å². The van der Waals surface area contributed by atoms with E-state index in [0.29, 0.717) is 6.04 Å². The van der Waals surface area contributed by atoms with E-state index in [-0.39, 0.29) is 0 Å². The van der Waals surface area contributed by atoms with Gasteiger partial charge in [0.15, 0.2) is 0 Å². The van der Waals surface area contributed by atoms with Crippen LogP contribution in [0.3, 0.4) is 0 Å². The van der Waals surface area contributed by atoms with Crippen LogP contribution in [0, 0.1) is 5.92 Å². The van der Waals surface area contributed by atoms with Crippen molar-refractivity contribution in [2.75, 3.05) is 0 Å². The fraction of sp³-hybridized carbons (Fsp3) is 0.818. The Labute approximate surface area is 77.0 Å². The highest BCUT2D eigenvalue weighted by Crippen LogP contribution is 2.07. The summed E-state index contributed by atoms with van der Waals surface area (Å²) in [6.45, 7) is 6.64. The molecule has 1 unspecified atom stereocenters. The normalized spacial score (nSPS) is 14.4. The molecule has 0 radical (unpaired) electrons. The third-order valence-electron chi connectivity index (χ3n) is 1.96. The molecule has 0 amide bonds. The third-order valence-corrected chi connectivity index (χ3v) is 1.96. The Kier molecular flexibility index (Phi) is 7.17. The molecule has 2 N–H and O–H groups in total. The van der Waals surface area contributed by atoms with Crippen LogP contribution in [0.4, 0.5) is 0 Å². The molecule has 1 nitrogen and oxygen atoms in total. The van der Waals surface area contributed by atoms with Crippen molar-refractivity contribution >= 4 is 0 Å². The first-order valence-electron chi connectivity index (χ1n) is 5.07. The minimum atomic E-state index is 0.371. The highest BCUT2D eigenvalue weighted by molar-refractivity contribution is 4.84. The minimum Gasteiger partial charge on any atom is -0.327 e. The molecule has 0 fully saturated rings. The molecule has 0 aliphatic carbocycles. The van der Waals surface area contributed by atoms with Crippen LogP contribution in [0.5, 0.6) is 0 Å². The average Bonchev–Trinajstić information content (AvgIpc) is 2.01. The predicted molar refractivity (Wildman–Crippen MR) is 56.1 cm³/mol. The molecular weight excluding hydrogens is 146 g/mol. The lowest BCUT2D eigenvalue weighted by Gasteiger charge is -2.10. The Morgan fingerprint density at radius 3 is 2.33 bits per heavy atom. The Morgan fingerprint density at radius 2 is 1.83 bits per heavy atom. The molecule has 0 rings (SSSR count). The van der Waals surface area contributed by atoms with Crippen LogP contribution < -0.4 is 5.73 Å². The first-order valence-corrected chi connectivity index (χ1v) is 5.07. The Morgan fingerprint density at radius 1 is 1.17 bits per heavy atom. The van der Waals surface area contributed by atoms with E-state index < -0.39 is 0 Å². The van der Waals surface area contributed by atoms with Crippen LogP contribution in [0.1, 0.15) is 46.5 Å². The molecule has 72 valence electrons. The third kappa shape index (κ3) is 7.80. The van der Waals surface area contributed by atoms with Crippen molar-refractivity contribution in [3.63, 3.8) is 0 Å². The van der Waals surface area contributed by atoms with E-state index in [0.717, 1.165) is 25.2 Å². The highest BCUT2D eigenvalue weighted by atomic mass is 14.6. The number of rotatable bonds is 6. The van der Waals surface area contributed by atoms with Gasteiger partial charge in [-0.1, -0.05) is 32.9 Å². The maximum atomic E-state index is 5.91. The van der Waals surface area contributed by atoms with E-state index in [1.54, 1.807) is 0 Å². The second-order valence-corrected chi connectivity index (χ2v) is 3.85. The molecule has 12 heavy (non-hydrogen) atoms. The van der Waals surface area contributed by atoms with Gasteiger partial charge in [-0.05, 0) is 31.6 Å². The second kappa shape index (κ2) is 7.35. The molecule has 0 aromatic carbocycles. The maximum Gasteiger partial charge on any atom is 0.00735 e. The number of hydrogen-bond acceptors (Lipinski definition) is 1. The summed E-state index contributed by atoms with van der Waals surface area (Å²) in [5.41, 5.74) is 5.91. The van der Waals surface area contributed by atoms with E-state index in [1.807, 2.05) is 0 Å². The Hall–Kier alpha value is -0.300. The van der Waals surface area contributed by atoms with E-state index in [2.05, 4.69) is 32.9 Å². The summed E-state index contributed by atoms with van der Waals surface area (Å²) in [4.78, 5) is 0. The topological polar surface area (TPSA) is 26.0 Å². The van der Waals surface area contributed by atoms with Crippen molar-refractivity contribution in [3.05, 3.63) is 12.2 Å². The van der Waals surface area contributed by atoms with E-state index in [9.17, 15) is 0 Å². The van der Waals surface area contributed by atoms with Gasteiger partial charge in [-0.3, -0.25) is 0 Å². The van der Waals surface area contributed by atoms with Gasteiger partial charge in [-0.15, -0.1) is 0 Å².